The van der Waals surface area contributed by atoms with E-state index in [9.17, 15) is 13.2 Å². The largest absolute Gasteiger partial charge is 0.494 e. The maximum Gasteiger partial charge on any atom is 0.264 e. The lowest BCUT2D eigenvalue weighted by atomic mass is 10.1. The summed E-state index contributed by atoms with van der Waals surface area (Å²) in [6.45, 7) is 2.79. The Hall–Kier alpha value is -2.97. The lowest BCUT2D eigenvalue weighted by Gasteiger charge is -2.20. The first-order valence-corrected chi connectivity index (χ1v) is 12.7. The molecular formula is C24H26N2O4S2. The molecule has 0 bridgehead atoms. The highest BCUT2D eigenvalue weighted by atomic mass is 32.2. The molecule has 0 heterocycles. The van der Waals surface area contributed by atoms with E-state index in [1.807, 2.05) is 37.4 Å². The van der Waals surface area contributed by atoms with Crippen molar-refractivity contribution >= 4 is 33.4 Å². The first-order chi connectivity index (χ1) is 15.4. The molecule has 1 N–H and O–H groups in total. The minimum absolute atomic E-state index is 0.215. The maximum absolute atomic E-state index is 12.9. The quantitative estimate of drug-likeness (QED) is 0.464. The van der Waals surface area contributed by atoms with Crippen LogP contribution < -0.4 is 14.4 Å². The van der Waals surface area contributed by atoms with Crippen LogP contribution in [0.4, 0.5) is 5.69 Å². The lowest BCUT2D eigenvalue weighted by molar-refractivity contribution is 0.0950. The van der Waals surface area contributed by atoms with Crippen molar-refractivity contribution in [2.24, 2.45) is 0 Å². The van der Waals surface area contributed by atoms with Crippen molar-refractivity contribution in [2.75, 3.05) is 24.2 Å². The topological polar surface area (TPSA) is 75.7 Å². The molecule has 0 unspecified atom stereocenters. The number of nitrogens with one attached hydrogen (secondary N) is 1. The summed E-state index contributed by atoms with van der Waals surface area (Å²) in [5.41, 5.74) is 1.80. The van der Waals surface area contributed by atoms with E-state index in [4.69, 9.17) is 4.74 Å². The second kappa shape index (κ2) is 10.6. The molecule has 0 saturated carbocycles. The van der Waals surface area contributed by atoms with Crippen LogP contribution >= 0.6 is 11.8 Å². The molecule has 0 radical (unpaired) electrons. The van der Waals surface area contributed by atoms with E-state index in [0.29, 0.717) is 24.4 Å². The molecule has 3 rings (SSSR count). The average molecular weight is 471 g/mol. The Morgan fingerprint density at radius 1 is 1.00 bits per heavy atom. The van der Waals surface area contributed by atoms with Crippen LogP contribution in [0.15, 0.2) is 82.6 Å². The van der Waals surface area contributed by atoms with Crippen LogP contribution in [0.1, 0.15) is 22.8 Å². The third-order valence-electron chi connectivity index (χ3n) is 4.92. The highest BCUT2D eigenvalue weighted by molar-refractivity contribution is 7.98. The van der Waals surface area contributed by atoms with E-state index < -0.39 is 10.0 Å². The van der Waals surface area contributed by atoms with E-state index in [-0.39, 0.29) is 10.8 Å². The van der Waals surface area contributed by atoms with Gasteiger partial charge in [-0.1, -0.05) is 18.2 Å². The zero-order valence-electron chi connectivity index (χ0n) is 18.2. The van der Waals surface area contributed by atoms with Crippen molar-refractivity contribution in [1.29, 1.82) is 0 Å². The summed E-state index contributed by atoms with van der Waals surface area (Å²) >= 11 is 1.55. The summed E-state index contributed by atoms with van der Waals surface area (Å²) in [7, 11) is -2.20. The zero-order valence-corrected chi connectivity index (χ0v) is 19.9. The maximum atomic E-state index is 12.9. The first kappa shape index (κ1) is 23.7. The molecule has 3 aromatic carbocycles. The number of hydrogen-bond acceptors (Lipinski definition) is 5. The molecule has 0 atom stereocenters. The molecule has 0 spiro atoms. The van der Waals surface area contributed by atoms with E-state index in [1.165, 1.54) is 11.4 Å². The standard InChI is InChI=1S/C24H26N2O4S2/c1-4-30-23-8-6-5-7-19(23)17-25-24(27)18-9-11-20(12-10-18)26(2)32(28,29)22-15-13-21(31-3)14-16-22/h5-16H,4,17H2,1-3H3,(H,25,27). The van der Waals surface area contributed by atoms with E-state index in [1.54, 1.807) is 60.3 Å². The molecule has 0 aromatic heterocycles. The van der Waals surface area contributed by atoms with E-state index in [0.717, 1.165) is 16.2 Å². The predicted octanol–water partition coefficient (Wildman–Crippen LogP) is 4.56. The SMILES string of the molecule is CCOc1ccccc1CNC(=O)c1ccc(N(C)S(=O)(=O)c2ccc(SC)cc2)cc1. The Bertz CT molecular complexity index is 1160. The fraction of sp³-hybridized carbons (Fsp3) is 0.208. The molecule has 32 heavy (non-hydrogen) atoms. The van der Waals surface area contributed by atoms with Gasteiger partial charge < -0.3 is 10.1 Å². The van der Waals surface area contributed by atoms with Crippen molar-refractivity contribution in [3.8, 4) is 5.75 Å². The van der Waals surface area contributed by atoms with Gasteiger partial charge in [-0.3, -0.25) is 9.10 Å². The molecular weight excluding hydrogens is 444 g/mol. The van der Waals surface area contributed by atoms with Gasteiger partial charge in [-0.2, -0.15) is 0 Å². The number of thioether (sulfide) groups is 1. The van der Waals surface area contributed by atoms with Gasteiger partial charge >= 0.3 is 0 Å². The molecule has 0 fully saturated rings. The van der Waals surface area contributed by atoms with Gasteiger partial charge in [-0.05, 0) is 67.8 Å². The monoisotopic (exact) mass is 470 g/mol. The Balaban J connectivity index is 1.69. The van der Waals surface area contributed by atoms with Crippen LogP contribution in [-0.2, 0) is 16.6 Å². The molecule has 8 heteroatoms. The van der Waals surface area contributed by atoms with Crippen LogP contribution in [0.25, 0.3) is 0 Å². The second-order valence-electron chi connectivity index (χ2n) is 6.92. The predicted molar refractivity (Wildman–Crippen MR) is 129 cm³/mol. The Kier molecular flexibility index (Phi) is 7.82. The summed E-state index contributed by atoms with van der Waals surface area (Å²) in [6.07, 6.45) is 1.94. The number of sulfonamides is 1. The summed E-state index contributed by atoms with van der Waals surface area (Å²) in [6, 6.07) is 20.8. The van der Waals surface area contributed by atoms with Crippen LogP contribution in [0.2, 0.25) is 0 Å². The summed E-state index contributed by atoms with van der Waals surface area (Å²) in [5.74, 6) is 0.490. The lowest BCUT2D eigenvalue weighted by Crippen LogP contribution is -2.27. The second-order valence-corrected chi connectivity index (χ2v) is 9.77. The van der Waals surface area contributed by atoms with Gasteiger partial charge in [0, 0.05) is 29.6 Å². The molecule has 6 nitrogen and oxygen atoms in total. The number of carbonyl (C=O) groups excluding carboxylic acids is 1. The number of nitrogens with zero attached hydrogens (tertiary/aromatic N) is 1. The normalized spacial score (nSPS) is 11.1. The van der Waals surface area contributed by atoms with Gasteiger partial charge in [-0.25, -0.2) is 8.42 Å². The fourth-order valence-electron chi connectivity index (χ4n) is 3.09. The third-order valence-corrected chi connectivity index (χ3v) is 7.47. The molecule has 0 aliphatic heterocycles. The highest BCUT2D eigenvalue weighted by Gasteiger charge is 2.21. The molecule has 0 aliphatic rings. The summed E-state index contributed by atoms with van der Waals surface area (Å²) < 4.78 is 32.6. The number of hydrogen-bond donors (Lipinski definition) is 1. The van der Waals surface area contributed by atoms with Crippen LogP contribution in [0.3, 0.4) is 0 Å². The molecule has 3 aromatic rings. The van der Waals surface area contributed by atoms with Crippen molar-refractivity contribution in [2.45, 2.75) is 23.3 Å². The van der Waals surface area contributed by atoms with E-state index >= 15 is 0 Å². The van der Waals surface area contributed by atoms with Gasteiger partial charge in [0.25, 0.3) is 15.9 Å². The number of carbonyl (C=O) groups is 1. The average Bonchev–Trinajstić information content (AvgIpc) is 2.83. The number of ether oxygens (including phenoxy) is 1. The Morgan fingerprint density at radius 3 is 2.28 bits per heavy atom. The number of benzene rings is 3. The van der Waals surface area contributed by atoms with Gasteiger partial charge in [0.15, 0.2) is 0 Å². The highest BCUT2D eigenvalue weighted by Crippen LogP contribution is 2.24. The molecule has 0 aliphatic carbocycles. The molecule has 168 valence electrons. The Morgan fingerprint density at radius 2 is 1.66 bits per heavy atom. The van der Waals surface area contributed by atoms with Gasteiger partial charge in [0.1, 0.15) is 5.75 Å². The number of anilines is 1. The van der Waals surface area contributed by atoms with Gasteiger partial charge in [0.05, 0.1) is 17.2 Å². The fourth-order valence-corrected chi connectivity index (χ4v) is 4.69. The zero-order chi connectivity index (χ0) is 23.1. The number of rotatable bonds is 9. The van der Waals surface area contributed by atoms with Crippen LogP contribution in [0, 0.1) is 0 Å². The first-order valence-electron chi connectivity index (χ1n) is 10.1. The minimum atomic E-state index is -3.70. The number of amides is 1. The van der Waals surface area contributed by atoms with Gasteiger partial charge in [0.2, 0.25) is 0 Å². The summed E-state index contributed by atoms with van der Waals surface area (Å²) in [4.78, 5) is 13.8. The van der Waals surface area contributed by atoms with E-state index in [2.05, 4.69) is 5.32 Å². The van der Waals surface area contributed by atoms with Crippen molar-refractivity contribution in [1.82, 2.24) is 5.32 Å². The van der Waals surface area contributed by atoms with Gasteiger partial charge in [-0.15, -0.1) is 11.8 Å². The van der Waals surface area contributed by atoms with Crippen molar-refractivity contribution in [3.63, 3.8) is 0 Å². The molecule has 1 amide bonds. The number of para-hydroxylation sites is 1. The Labute approximate surface area is 193 Å². The van der Waals surface area contributed by atoms with Crippen molar-refractivity contribution < 1.29 is 17.9 Å². The minimum Gasteiger partial charge on any atom is -0.494 e. The summed E-state index contributed by atoms with van der Waals surface area (Å²) in [5, 5.41) is 2.88. The van der Waals surface area contributed by atoms with Crippen LogP contribution in [0.5, 0.6) is 5.75 Å². The molecule has 0 saturated heterocycles. The van der Waals surface area contributed by atoms with Crippen molar-refractivity contribution in [3.05, 3.63) is 83.9 Å². The third kappa shape index (κ3) is 5.44. The van der Waals surface area contributed by atoms with Crippen LogP contribution in [-0.4, -0.2) is 34.2 Å². The smallest absolute Gasteiger partial charge is 0.264 e.